The van der Waals surface area contributed by atoms with Crippen LogP contribution < -0.4 is 10.2 Å². The highest BCUT2D eigenvalue weighted by Crippen LogP contribution is 2.36. The van der Waals surface area contributed by atoms with E-state index in [-0.39, 0.29) is 5.69 Å². The first-order chi connectivity index (χ1) is 10.2. The van der Waals surface area contributed by atoms with Crippen LogP contribution in [0.4, 0.5) is 21.5 Å². The second-order valence-electron chi connectivity index (χ2n) is 4.85. The summed E-state index contributed by atoms with van der Waals surface area (Å²) >= 11 is 0. The number of hydrogen-bond acceptors (Lipinski definition) is 4. The van der Waals surface area contributed by atoms with Gasteiger partial charge in [0.2, 0.25) is 0 Å². The van der Waals surface area contributed by atoms with E-state index >= 15 is 0 Å². The molecule has 6 heteroatoms. The van der Waals surface area contributed by atoms with Crippen LogP contribution in [0, 0.1) is 15.9 Å². The lowest BCUT2D eigenvalue weighted by atomic mass is 10.1. The highest BCUT2D eigenvalue weighted by molar-refractivity contribution is 5.74. The van der Waals surface area contributed by atoms with Gasteiger partial charge in [0.1, 0.15) is 11.5 Å². The summed E-state index contributed by atoms with van der Waals surface area (Å²) in [4.78, 5) is 12.5. The first-order valence-electron chi connectivity index (χ1n) is 6.67. The smallest absolute Gasteiger partial charge is 0.295 e. The van der Waals surface area contributed by atoms with Crippen LogP contribution in [-0.4, -0.2) is 18.0 Å². The van der Waals surface area contributed by atoms with Gasteiger partial charge in [0.15, 0.2) is 0 Å². The molecule has 0 aromatic heterocycles. The number of rotatable bonds is 2. The SMILES string of the molecule is O=[N+]([O-])c1cc(F)ccc1N1CCNCc2ccccc21. The number of halogens is 1. The van der Waals surface area contributed by atoms with Gasteiger partial charge in [-0.15, -0.1) is 0 Å². The summed E-state index contributed by atoms with van der Waals surface area (Å²) in [7, 11) is 0. The first kappa shape index (κ1) is 13.5. The van der Waals surface area contributed by atoms with Crippen LogP contribution in [0.25, 0.3) is 0 Å². The van der Waals surface area contributed by atoms with E-state index < -0.39 is 10.7 Å². The van der Waals surface area contributed by atoms with Gasteiger partial charge in [-0.05, 0) is 23.8 Å². The number of nitrogens with one attached hydrogen (secondary N) is 1. The van der Waals surface area contributed by atoms with Crippen molar-refractivity contribution in [1.29, 1.82) is 0 Å². The third kappa shape index (κ3) is 2.57. The first-order valence-corrected chi connectivity index (χ1v) is 6.67. The summed E-state index contributed by atoms with van der Waals surface area (Å²) in [5.41, 5.74) is 2.18. The Bertz CT molecular complexity index is 690. The Kier molecular flexibility index (Phi) is 3.53. The maximum Gasteiger partial charge on any atom is 0.295 e. The fourth-order valence-electron chi connectivity index (χ4n) is 2.58. The van der Waals surface area contributed by atoms with Gasteiger partial charge < -0.3 is 10.2 Å². The summed E-state index contributed by atoms with van der Waals surface area (Å²) in [5, 5.41) is 14.5. The van der Waals surface area contributed by atoms with Gasteiger partial charge in [0, 0.05) is 25.3 Å². The molecular weight excluding hydrogens is 273 g/mol. The number of hydrogen-bond donors (Lipinski definition) is 1. The molecule has 2 aromatic rings. The van der Waals surface area contributed by atoms with Crippen LogP contribution >= 0.6 is 0 Å². The molecule has 0 fully saturated rings. The van der Waals surface area contributed by atoms with Gasteiger partial charge in [-0.1, -0.05) is 18.2 Å². The molecule has 0 spiro atoms. The predicted octanol–water partition coefficient (Wildman–Crippen LogP) is 2.98. The topological polar surface area (TPSA) is 58.4 Å². The Morgan fingerprint density at radius 1 is 1.19 bits per heavy atom. The fraction of sp³-hybridized carbons (Fsp3) is 0.200. The van der Waals surface area contributed by atoms with Crippen LogP contribution in [0.1, 0.15) is 5.56 Å². The molecule has 1 aliphatic rings. The molecule has 0 aliphatic carbocycles. The standard InChI is InChI=1S/C15H14FN3O2/c16-12-5-6-14(15(9-12)19(20)21)18-8-7-17-10-11-3-1-2-4-13(11)18/h1-6,9,17H,7-8,10H2. The Labute approximate surface area is 121 Å². The molecule has 1 N–H and O–H groups in total. The van der Waals surface area contributed by atoms with E-state index in [1.807, 2.05) is 29.2 Å². The molecule has 108 valence electrons. The minimum Gasteiger partial charge on any atom is -0.334 e. The summed E-state index contributed by atoms with van der Waals surface area (Å²) in [6.45, 7) is 1.99. The molecule has 0 atom stereocenters. The molecule has 0 unspecified atom stereocenters. The normalized spacial score (nSPS) is 14.4. The van der Waals surface area contributed by atoms with Crippen molar-refractivity contribution in [2.45, 2.75) is 6.54 Å². The third-order valence-electron chi connectivity index (χ3n) is 3.54. The second-order valence-corrected chi connectivity index (χ2v) is 4.85. The van der Waals surface area contributed by atoms with E-state index in [1.165, 1.54) is 12.1 Å². The van der Waals surface area contributed by atoms with Crippen molar-refractivity contribution in [3.05, 3.63) is 64.0 Å². The van der Waals surface area contributed by atoms with Crippen LogP contribution in [0.3, 0.4) is 0 Å². The number of nitro benzene ring substituents is 1. The molecule has 0 radical (unpaired) electrons. The van der Waals surface area contributed by atoms with Crippen LogP contribution in [0.15, 0.2) is 42.5 Å². The fourth-order valence-corrected chi connectivity index (χ4v) is 2.58. The lowest BCUT2D eigenvalue weighted by Gasteiger charge is -2.24. The number of para-hydroxylation sites is 1. The Balaban J connectivity index is 2.14. The zero-order valence-corrected chi connectivity index (χ0v) is 11.3. The van der Waals surface area contributed by atoms with Gasteiger partial charge >= 0.3 is 0 Å². The zero-order chi connectivity index (χ0) is 14.8. The van der Waals surface area contributed by atoms with Gasteiger partial charge in [0.05, 0.1) is 11.0 Å². The average molecular weight is 287 g/mol. The Hall–Kier alpha value is -2.47. The molecular formula is C15H14FN3O2. The van der Waals surface area contributed by atoms with Crippen molar-refractivity contribution in [3.8, 4) is 0 Å². The summed E-state index contributed by atoms with van der Waals surface area (Å²) in [6.07, 6.45) is 0. The lowest BCUT2D eigenvalue weighted by molar-refractivity contribution is -0.384. The molecule has 0 amide bonds. The minimum atomic E-state index is -0.605. The van der Waals surface area contributed by atoms with Crippen molar-refractivity contribution in [3.63, 3.8) is 0 Å². The van der Waals surface area contributed by atoms with E-state index in [0.717, 1.165) is 17.3 Å². The monoisotopic (exact) mass is 287 g/mol. The molecule has 0 bridgehead atoms. The maximum atomic E-state index is 13.3. The molecule has 2 aromatic carbocycles. The molecule has 21 heavy (non-hydrogen) atoms. The van der Waals surface area contributed by atoms with E-state index in [0.29, 0.717) is 25.3 Å². The van der Waals surface area contributed by atoms with E-state index in [9.17, 15) is 14.5 Å². The second kappa shape index (κ2) is 5.49. The number of benzene rings is 2. The van der Waals surface area contributed by atoms with Crippen molar-refractivity contribution in [2.75, 3.05) is 18.0 Å². The van der Waals surface area contributed by atoms with Crippen molar-refractivity contribution >= 4 is 17.1 Å². The quantitative estimate of drug-likeness (QED) is 0.681. The highest BCUT2D eigenvalue weighted by atomic mass is 19.1. The summed E-state index contributed by atoms with van der Waals surface area (Å²) in [5.74, 6) is -0.605. The molecule has 5 nitrogen and oxygen atoms in total. The summed E-state index contributed by atoms with van der Waals surface area (Å²) in [6, 6.07) is 11.4. The molecule has 1 heterocycles. The Morgan fingerprint density at radius 3 is 2.81 bits per heavy atom. The number of nitrogens with zero attached hydrogens (tertiary/aromatic N) is 2. The van der Waals surface area contributed by atoms with E-state index in [4.69, 9.17) is 0 Å². The summed E-state index contributed by atoms with van der Waals surface area (Å²) < 4.78 is 13.3. The van der Waals surface area contributed by atoms with Crippen molar-refractivity contribution in [1.82, 2.24) is 5.32 Å². The van der Waals surface area contributed by atoms with Gasteiger partial charge in [0.25, 0.3) is 5.69 Å². The number of fused-ring (bicyclic) bond motifs is 1. The largest absolute Gasteiger partial charge is 0.334 e. The number of anilines is 2. The molecule has 1 aliphatic heterocycles. The third-order valence-corrected chi connectivity index (χ3v) is 3.54. The van der Waals surface area contributed by atoms with Crippen LogP contribution in [-0.2, 0) is 6.54 Å². The average Bonchev–Trinajstić information content (AvgIpc) is 2.69. The van der Waals surface area contributed by atoms with E-state index in [2.05, 4.69) is 5.32 Å². The molecule has 0 saturated carbocycles. The van der Waals surface area contributed by atoms with Crippen LogP contribution in [0.5, 0.6) is 0 Å². The van der Waals surface area contributed by atoms with Crippen molar-refractivity contribution in [2.24, 2.45) is 0 Å². The maximum absolute atomic E-state index is 13.3. The predicted molar refractivity (Wildman–Crippen MR) is 78.2 cm³/mol. The number of nitro groups is 1. The van der Waals surface area contributed by atoms with Gasteiger partial charge in [-0.3, -0.25) is 10.1 Å². The highest BCUT2D eigenvalue weighted by Gasteiger charge is 2.24. The minimum absolute atomic E-state index is 0.216. The van der Waals surface area contributed by atoms with E-state index in [1.54, 1.807) is 0 Å². The van der Waals surface area contributed by atoms with Gasteiger partial charge in [-0.2, -0.15) is 0 Å². The van der Waals surface area contributed by atoms with Crippen molar-refractivity contribution < 1.29 is 9.31 Å². The molecule has 0 saturated heterocycles. The molecule has 3 rings (SSSR count). The van der Waals surface area contributed by atoms with Gasteiger partial charge in [-0.25, -0.2) is 4.39 Å². The zero-order valence-electron chi connectivity index (χ0n) is 11.3. The van der Waals surface area contributed by atoms with Crippen LogP contribution in [0.2, 0.25) is 0 Å². The lowest BCUT2D eigenvalue weighted by Crippen LogP contribution is -2.25. The Morgan fingerprint density at radius 2 is 2.00 bits per heavy atom.